The molecule has 0 saturated heterocycles. The summed E-state index contributed by atoms with van der Waals surface area (Å²) in [6.45, 7) is 7.38. The second-order valence-electron chi connectivity index (χ2n) is 10.9. The maximum absolute atomic E-state index is 4.92. The van der Waals surface area contributed by atoms with E-state index in [-0.39, 0.29) is 5.41 Å². The molecule has 1 heterocycles. The highest BCUT2D eigenvalue weighted by molar-refractivity contribution is 5.46. The minimum atomic E-state index is 0.250. The summed E-state index contributed by atoms with van der Waals surface area (Å²) in [7, 11) is 0. The third kappa shape index (κ3) is 1.47. The third-order valence-electron chi connectivity index (χ3n) is 9.53. The van der Waals surface area contributed by atoms with Crippen LogP contribution in [0.25, 0.3) is 0 Å². The summed E-state index contributed by atoms with van der Waals surface area (Å²) in [5, 5.41) is 9.84. The van der Waals surface area contributed by atoms with Crippen molar-refractivity contribution in [1.82, 2.24) is 10.2 Å². The number of rotatable bonds is 1. The van der Waals surface area contributed by atoms with Gasteiger partial charge in [-0.15, -0.1) is 0 Å². The molecule has 0 aromatic carbocycles. The van der Waals surface area contributed by atoms with Crippen molar-refractivity contribution >= 4 is 0 Å². The lowest BCUT2D eigenvalue weighted by molar-refractivity contribution is -0.00769. The molecule has 6 bridgehead atoms. The van der Waals surface area contributed by atoms with Crippen molar-refractivity contribution in [2.45, 2.75) is 88.9 Å². The van der Waals surface area contributed by atoms with Crippen LogP contribution in [0.15, 0.2) is 6.07 Å². The molecule has 5 fully saturated rings. The number of aromatic nitrogens is 2. The topological polar surface area (TPSA) is 25.8 Å². The van der Waals surface area contributed by atoms with Crippen molar-refractivity contribution in [3.8, 4) is 0 Å². The Bertz CT molecular complexity index is 698. The highest BCUT2D eigenvalue weighted by Crippen LogP contribution is 2.68. The molecule has 6 aliphatic carbocycles. The van der Waals surface area contributed by atoms with E-state index in [1.807, 2.05) is 0 Å². The summed E-state index contributed by atoms with van der Waals surface area (Å²) in [5.41, 5.74) is 5.30. The van der Waals surface area contributed by atoms with E-state index in [1.54, 1.807) is 5.56 Å². The molecule has 7 rings (SSSR count). The van der Waals surface area contributed by atoms with Gasteiger partial charge in [0.1, 0.15) is 0 Å². The van der Waals surface area contributed by atoms with Crippen LogP contribution in [0.5, 0.6) is 0 Å². The normalized spacial score (nSPS) is 49.6. The van der Waals surface area contributed by atoms with Crippen molar-refractivity contribution < 1.29 is 0 Å². The average Bonchev–Trinajstić information content (AvgIpc) is 2.85. The molecular formula is C22H30N2. The first-order valence-electron chi connectivity index (χ1n) is 10.3. The Labute approximate surface area is 145 Å². The van der Waals surface area contributed by atoms with E-state index in [4.69, 9.17) is 10.2 Å². The van der Waals surface area contributed by atoms with E-state index >= 15 is 0 Å². The molecule has 2 atom stereocenters. The Morgan fingerprint density at radius 1 is 0.917 bits per heavy atom. The number of nitrogens with zero attached hydrogens (tertiary/aromatic N) is 2. The lowest BCUT2D eigenvalue weighted by atomic mass is 9.48. The molecule has 6 aliphatic rings. The highest BCUT2D eigenvalue weighted by Gasteiger charge is 2.61. The molecule has 2 nitrogen and oxygen atoms in total. The zero-order chi connectivity index (χ0) is 16.3. The molecule has 0 N–H and O–H groups in total. The fourth-order valence-corrected chi connectivity index (χ4v) is 8.25. The van der Waals surface area contributed by atoms with Gasteiger partial charge in [0.15, 0.2) is 0 Å². The zero-order valence-electron chi connectivity index (χ0n) is 15.4. The maximum atomic E-state index is 4.92. The van der Waals surface area contributed by atoms with E-state index in [2.05, 4.69) is 26.8 Å². The predicted octanol–water partition coefficient (Wildman–Crippen LogP) is 5.12. The minimum Gasteiger partial charge on any atom is -0.155 e. The Balaban J connectivity index is 1.47. The lowest BCUT2D eigenvalue weighted by Crippen LogP contribution is -2.49. The molecule has 2 heteroatoms. The highest BCUT2D eigenvalue weighted by atomic mass is 15.1. The average molecular weight is 322 g/mol. The minimum absolute atomic E-state index is 0.250. The molecular weight excluding hydrogens is 292 g/mol. The fourth-order valence-electron chi connectivity index (χ4n) is 8.25. The van der Waals surface area contributed by atoms with Crippen LogP contribution in [0.3, 0.4) is 0 Å². The van der Waals surface area contributed by atoms with Crippen molar-refractivity contribution in [2.75, 3.05) is 0 Å². The van der Waals surface area contributed by atoms with E-state index in [0.29, 0.717) is 16.7 Å². The van der Waals surface area contributed by atoms with E-state index in [1.165, 1.54) is 62.8 Å². The van der Waals surface area contributed by atoms with Crippen molar-refractivity contribution in [1.29, 1.82) is 0 Å². The molecule has 128 valence electrons. The maximum Gasteiger partial charge on any atom is 0.0730 e. The predicted molar refractivity (Wildman–Crippen MR) is 95.0 cm³/mol. The van der Waals surface area contributed by atoms with Gasteiger partial charge >= 0.3 is 0 Å². The van der Waals surface area contributed by atoms with Crippen LogP contribution in [0.2, 0.25) is 0 Å². The Morgan fingerprint density at radius 3 is 2.17 bits per heavy atom. The van der Waals surface area contributed by atoms with Crippen LogP contribution in [-0.2, 0) is 10.8 Å². The van der Waals surface area contributed by atoms with Gasteiger partial charge in [-0.05, 0) is 92.1 Å². The molecule has 24 heavy (non-hydrogen) atoms. The van der Waals surface area contributed by atoms with Gasteiger partial charge in [-0.25, -0.2) is 0 Å². The molecule has 0 radical (unpaired) electrons. The third-order valence-corrected chi connectivity index (χ3v) is 9.53. The molecule has 0 aliphatic heterocycles. The number of hydrogen-bond donors (Lipinski definition) is 0. The molecule has 0 unspecified atom stereocenters. The first kappa shape index (κ1) is 14.3. The van der Waals surface area contributed by atoms with E-state index < -0.39 is 0 Å². The van der Waals surface area contributed by atoms with Gasteiger partial charge in [0.2, 0.25) is 0 Å². The number of hydrogen-bond acceptors (Lipinski definition) is 2. The summed E-state index contributed by atoms with van der Waals surface area (Å²) in [4.78, 5) is 0. The van der Waals surface area contributed by atoms with Crippen LogP contribution >= 0.6 is 0 Å². The zero-order valence-corrected chi connectivity index (χ0v) is 15.4. The van der Waals surface area contributed by atoms with Gasteiger partial charge in [-0.1, -0.05) is 20.8 Å². The molecule has 0 amide bonds. The molecule has 1 aromatic heterocycles. The lowest BCUT2D eigenvalue weighted by Gasteiger charge is -2.56. The first-order chi connectivity index (χ1) is 11.4. The summed E-state index contributed by atoms with van der Waals surface area (Å²) >= 11 is 0. The van der Waals surface area contributed by atoms with Crippen LogP contribution in [0, 0.1) is 23.2 Å². The van der Waals surface area contributed by atoms with Gasteiger partial charge in [-0.3, -0.25) is 0 Å². The second kappa shape index (κ2) is 4.07. The summed E-state index contributed by atoms with van der Waals surface area (Å²) in [6, 6.07) is 2.55. The van der Waals surface area contributed by atoms with E-state index in [0.717, 1.165) is 17.8 Å². The van der Waals surface area contributed by atoms with E-state index in [9.17, 15) is 0 Å². The number of fused-ring (bicyclic) bond motifs is 5. The van der Waals surface area contributed by atoms with Crippen molar-refractivity contribution in [2.24, 2.45) is 23.2 Å². The van der Waals surface area contributed by atoms with Gasteiger partial charge < -0.3 is 0 Å². The fraction of sp³-hybridized carbons (Fsp3) is 0.818. The summed E-state index contributed by atoms with van der Waals surface area (Å²) in [6.07, 6.45) is 11.4. The van der Waals surface area contributed by atoms with Gasteiger partial charge in [0, 0.05) is 10.8 Å². The van der Waals surface area contributed by atoms with Gasteiger partial charge in [0.25, 0.3) is 0 Å². The summed E-state index contributed by atoms with van der Waals surface area (Å²) < 4.78 is 0. The second-order valence-corrected chi connectivity index (χ2v) is 10.9. The smallest absolute Gasteiger partial charge is 0.0730 e. The largest absolute Gasteiger partial charge is 0.155 e. The van der Waals surface area contributed by atoms with Crippen LogP contribution in [-0.4, -0.2) is 10.2 Å². The van der Waals surface area contributed by atoms with Crippen LogP contribution < -0.4 is 0 Å². The van der Waals surface area contributed by atoms with Gasteiger partial charge in [-0.2, -0.15) is 10.2 Å². The monoisotopic (exact) mass is 322 g/mol. The molecule has 5 saturated carbocycles. The first-order valence-corrected chi connectivity index (χ1v) is 10.3. The SMILES string of the molecule is CC1(C)[C@H]2CC[C@]1(C)c1nnc(C34CC5CC(CC(C5)C3)C4)cc12. The molecule has 0 spiro atoms. The van der Waals surface area contributed by atoms with Crippen molar-refractivity contribution in [3.63, 3.8) is 0 Å². The van der Waals surface area contributed by atoms with Gasteiger partial charge in [0.05, 0.1) is 11.4 Å². The Hall–Kier alpha value is -0.920. The van der Waals surface area contributed by atoms with Crippen LogP contribution in [0.4, 0.5) is 0 Å². The summed E-state index contributed by atoms with van der Waals surface area (Å²) in [5.74, 6) is 3.66. The Morgan fingerprint density at radius 2 is 1.54 bits per heavy atom. The standard InChI is InChI=1S/C22H30N2/c1-20(2)17-4-5-21(20,3)19-16(17)9-18(23-24-19)22-10-13-6-14(11-22)8-15(7-13)12-22/h9,13-15,17H,4-8,10-12H2,1-3H3/t13?,14?,15?,17-,21+,22?/m0/s1. The van der Waals surface area contributed by atoms with Crippen LogP contribution in [0.1, 0.15) is 95.0 Å². The quantitative estimate of drug-likeness (QED) is 0.717. The van der Waals surface area contributed by atoms with Crippen molar-refractivity contribution in [3.05, 3.63) is 23.0 Å². The Kier molecular flexibility index (Phi) is 2.42. The molecule has 1 aromatic rings.